The number of nitrogens with zero attached hydrogens (tertiary/aromatic N) is 3. The Morgan fingerprint density at radius 2 is 2.27 bits per heavy atom. The lowest BCUT2D eigenvalue weighted by atomic mass is 10.2. The van der Waals surface area contributed by atoms with E-state index in [-0.39, 0.29) is 17.2 Å². The van der Waals surface area contributed by atoms with E-state index in [0.717, 1.165) is 23.6 Å². The molecule has 134 valence electrons. The monoisotopic (exact) mass is 371 g/mol. The third-order valence-corrected chi connectivity index (χ3v) is 3.95. The number of H-pyrrole nitrogens is 2. The molecule has 0 unspecified atom stereocenters. The number of aromatic nitrogens is 4. The Balaban J connectivity index is 1.90. The number of hydrogen-bond acceptors (Lipinski definition) is 5. The molecule has 2 aromatic heterocycles. The van der Waals surface area contributed by atoms with Crippen molar-refractivity contribution in [1.29, 1.82) is 0 Å². The number of nitrogens with two attached hydrogens (primary N) is 1. The molecule has 1 amide bonds. The number of aliphatic imine (C=N–C) groups is 1. The fraction of sp³-hybridized carbons (Fsp3) is 0.176. The van der Waals surface area contributed by atoms with Gasteiger partial charge in [0.25, 0.3) is 5.91 Å². The van der Waals surface area contributed by atoms with Crippen LogP contribution in [0, 0.1) is 6.92 Å². The minimum absolute atomic E-state index is 0.161. The standard InChI is InChI=1S/C17H18ClN7O/c1-3-13-21-9(2)12(23-13)8-20-16-14(15(19)26)17(25-24-16)22-11-6-4-5-10(18)7-11/h4-8H,3H2,1-2H3,(H2,19,26)(H,21,23)(H2,22,24,25)/b20-8+. The van der Waals surface area contributed by atoms with Crippen LogP contribution in [0.25, 0.3) is 0 Å². The highest BCUT2D eigenvalue weighted by atomic mass is 35.5. The molecule has 0 radical (unpaired) electrons. The lowest BCUT2D eigenvalue weighted by Gasteiger charge is -2.04. The maximum Gasteiger partial charge on any atom is 0.256 e. The molecule has 9 heteroatoms. The number of halogens is 1. The Labute approximate surface area is 154 Å². The predicted octanol–water partition coefficient (Wildman–Crippen LogP) is 3.25. The van der Waals surface area contributed by atoms with E-state index >= 15 is 0 Å². The number of benzene rings is 1. The Bertz CT molecular complexity index is 973. The molecule has 3 aromatic rings. The van der Waals surface area contributed by atoms with Gasteiger partial charge in [-0.15, -0.1) is 0 Å². The van der Waals surface area contributed by atoms with E-state index in [0.29, 0.717) is 10.7 Å². The number of primary amides is 1. The molecule has 3 rings (SSSR count). The van der Waals surface area contributed by atoms with Gasteiger partial charge < -0.3 is 16.0 Å². The summed E-state index contributed by atoms with van der Waals surface area (Å²) in [6, 6.07) is 7.05. The van der Waals surface area contributed by atoms with E-state index in [1.54, 1.807) is 30.5 Å². The van der Waals surface area contributed by atoms with Crippen LogP contribution in [0.4, 0.5) is 17.3 Å². The van der Waals surface area contributed by atoms with Crippen LogP contribution in [-0.2, 0) is 6.42 Å². The van der Waals surface area contributed by atoms with Gasteiger partial charge in [-0.2, -0.15) is 5.10 Å². The van der Waals surface area contributed by atoms with Crippen molar-refractivity contribution in [1.82, 2.24) is 20.2 Å². The number of hydrogen-bond donors (Lipinski definition) is 4. The molecular formula is C17H18ClN7O. The molecule has 0 saturated heterocycles. The van der Waals surface area contributed by atoms with Gasteiger partial charge in [-0.05, 0) is 25.1 Å². The van der Waals surface area contributed by atoms with E-state index in [1.165, 1.54) is 0 Å². The summed E-state index contributed by atoms with van der Waals surface area (Å²) >= 11 is 5.97. The first-order chi connectivity index (χ1) is 12.5. The van der Waals surface area contributed by atoms with Gasteiger partial charge in [0.05, 0.1) is 17.6 Å². The lowest BCUT2D eigenvalue weighted by Crippen LogP contribution is -2.12. The van der Waals surface area contributed by atoms with Crippen molar-refractivity contribution < 1.29 is 4.79 Å². The minimum atomic E-state index is -0.647. The number of aryl methyl sites for hydroxylation is 2. The van der Waals surface area contributed by atoms with Crippen molar-refractivity contribution in [2.24, 2.45) is 10.7 Å². The average molecular weight is 372 g/mol. The highest BCUT2D eigenvalue weighted by molar-refractivity contribution is 6.30. The van der Waals surface area contributed by atoms with E-state index < -0.39 is 5.91 Å². The summed E-state index contributed by atoms with van der Waals surface area (Å²) in [7, 11) is 0. The number of nitrogens with one attached hydrogen (secondary N) is 3. The molecule has 0 aliphatic heterocycles. The Kier molecular flexibility index (Phi) is 5.04. The zero-order chi connectivity index (χ0) is 18.7. The van der Waals surface area contributed by atoms with Gasteiger partial charge in [0.2, 0.25) is 0 Å². The number of carbonyl (C=O) groups is 1. The quantitative estimate of drug-likeness (QED) is 0.496. The van der Waals surface area contributed by atoms with Crippen LogP contribution in [0.2, 0.25) is 5.02 Å². The highest BCUT2D eigenvalue weighted by Crippen LogP contribution is 2.27. The molecule has 0 fully saturated rings. The zero-order valence-electron chi connectivity index (χ0n) is 14.3. The van der Waals surface area contributed by atoms with Crippen LogP contribution >= 0.6 is 11.6 Å². The molecular weight excluding hydrogens is 354 g/mol. The van der Waals surface area contributed by atoms with Crippen LogP contribution < -0.4 is 11.1 Å². The van der Waals surface area contributed by atoms with Crippen molar-refractivity contribution in [3.8, 4) is 0 Å². The van der Waals surface area contributed by atoms with Gasteiger partial charge in [-0.25, -0.2) is 9.98 Å². The first-order valence-corrected chi connectivity index (χ1v) is 8.36. The molecule has 0 aliphatic rings. The summed E-state index contributed by atoms with van der Waals surface area (Å²) in [6.45, 7) is 3.89. The number of rotatable bonds is 6. The van der Waals surface area contributed by atoms with Crippen molar-refractivity contribution in [2.75, 3.05) is 5.32 Å². The third-order valence-electron chi connectivity index (χ3n) is 3.71. The highest BCUT2D eigenvalue weighted by Gasteiger charge is 2.18. The van der Waals surface area contributed by atoms with Crippen LogP contribution in [0.15, 0.2) is 29.3 Å². The second-order valence-electron chi connectivity index (χ2n) is 5.59. The second-order valence-corrected chi connectivity index (χ2v) is 6.03. The summed E-state index contributed by atoms with van der Waals surface area (Å²) in [6.07, 6.45) is 2.38. The Hall–Kier alpha value is -3.13. The van der Waals surface area contributed by atoms with Crippen LogP contribution in [0.5, 0.6) is 0 Å². The van der Waals surface area contributed by atoms with Crippen molar-refractivity contribution in [2.45, 2.75) is 20.3 Å². The molecule has 1 aromatic carbocycles. The lowest BCUT2D eigenvalue weighted by molar-refractivity contribution is 0.100. The second kappa shape index (κ2) is 7.40. The van der Waals surface area contributed by atoms with Gasteiger partial charge in [0.1, 0.15) is 11.4 Å². The van der Waals surface area contributed by atoms with Crippen molar-refractivity contribution >= 4 is 41.0 Å². The van der Waals surface area contributed by atoms with Gasteiger partial charge in [-0.1, -0.05) is 24.6 Å². The number of imidazole rings is 1. The fourth-order valence-corrected chi connectivity index (χ4v) is 2.60. The predicted molar refractivity (Wildman–Crippen MR) is 102 cm³/mol. The van der Waals surface area contributed by atoms with Crippen LogP contribution in [0.1, 0.15) is 34.5 Å². The maximum absolute atomic E-state index is 11.9. The summed E-state index contributed by atoms with van der Waals surface area (Å²) < 4.78 is 0. The van der Waals surface area contributed by atoms with Gasteiger partial charge in [0.15, 0.2) is 11.6 Å². The van der Waals surface area contributed by atoms with E-state index in [4.69, 9.17) is 17.3 Å². The SMILES string of the molecule is CCc1nc(C)c(/C=N/c2[nH]nc(Nc3cccc(Cl)c3)c2C(N)=O)[nH]1. The van der Waals surface area contributed by atoms with E-state index in [9.17, 15) is 4.79 Å². The summed E-state index contributed by atoms with van der Waals surface area (Å²) in [5, 5.41) is 10.4. The molecule has 2 heterocycles. The zero-order valence-corrected chi connectivity index (χ0v) is 15.1. The molecule has 0 saturated carbocycles. The summed E-state index contributed by atoms with van der Waals surface area (Å²) in [5.74, 6) is 0.759. The fourth-order valence-electron chi connectivity index (χ4n) is 2.41. The Morgan fingerprint density at radius 3 is 2.92 bits per heavy atom. The smallest absolute Gasteiger partial charge is 0.256 e. The molecule has 0 bridgehead atoms. The average Bonchev–Trinajstić information content (AvgIpc) is 3.16. The summed E-state index contributed by atoms with van der Waals surface area (Å²) in [5.41, 5.74) is 7.93. The number of anilines is 2. The molecule has 0 spiro atoms. The Morgan fingerprint density at radius 1 is 1.46 bits per heavy atom. The minimum Gasteiger partial charge on any atom is -0.365 e. The van der Waals surface area contributed by atoms with Crippen LogP contribution in [0.3, 0.4) is 0 Å². The largest absolute Gasteiger partial charge is 0.365 e. The van der Waals surface area contributed by atoms with E-state index in [1.807, 2.05) is 13.8 Å². The van der Waals surface area contributed by atoms with E-state index in [2.05, 4.69) is 30.5 Å². The maximum atomic E-state index is 11.9. The number of aromatic amines is 2. The topological polar surface area (TPSA) is 125 Å². The summed E-state index contributed by atoms with van der Waals surface area (Å²) in [4.78, 5) is 23.7. The number of carbonyl (C=O) groups excluding carboxylic acids is 1. The van der Waals surface area contributed by atoms with Crippen molar-refractivity contribution in [3.63, 3.8) is 0 Å². The molecule has 0 aliphatic carbocycles. The first-order valence-electron chi connectivity index (χ1n) is 7.98. The normalized spacial score (nSPS) is 11.2. The molecule has 26 heavy (non-hydrogen) atoms. The first kappa shape index (κ1) is 17.7. The number of amides is 1. The van der Waals surface area contributed by atoms with Crippen molar-refractivity contribution in [3.05, 3.63) is 52.1 Å². The molecule has 8 nitrogen and oxygen atoms in total. The molecule has 0 atom stereocenters. The third kappa shape index (κ3) is 3.75. The van der Waals surface area contributed by atoms with Gasteiger partial charge >= 0.3 is 0 Å². The van der Waals surface area contributed by atoms with Crippen LogP contribution in [-0.4, -0.2) is 32.3 Å². The van der Waals surface area contributed by atoms with Gasteiger partial charge in [0, 0.05) is 17.1 Å². The van der Waals surface area contributed by atoms with Gasteiger partial charge in [-0.3, -0.25) is 9.89 Å². The molecule has 5 N–H and O–H groups in total.